The van der Waals surface area contributed by atoms with E-state index in [1.807, 2.05) is 0 Å². The number of aromatic nitrogens is 1. The van der Waals surface area contributed by atoms with Crippen LogP contribution >= 0.6 is 0 Å². The van der Waals surface area contributed by atoms with E-state index in [9.17, 15) is 4.79 Å². The van der Waals surface area contributed by atoms with Crippen LogP contribution in [0.15, 0.2) is 18.3 Å². The van der Waals surface area contributed by atoms with Gasteiger partial charge in [-0.1, -0.05) is 20.3 Å². The Labute approximate surface area is 96.3 Å². The van der Waals surface area contributed by atoms with Crippen molar-refractivity contribution < 1.29 is 4.79 Å². The summed E-state index contributed by atoms with van der Waals surface area (Å²) in [5.41, 5.74) is 5.57. The van der Waals surface area contributed by atoms with Gasteiger partial charge in [-0.2, -0.15) is 0 Å². The molecule has 0 aliphatic rings. The van der Waals surface area contributed by atoms with Gasteiger partial charge in [0.25, 0.3) is 0 Å². The van der Waals surface area contributed by atoms with Crippen LogP contribution in [0.2, 0.25) is 0 Å². The Hall–Kier alpha value is -1.58. The highest BCUT2D eigenvalue weighted by Gasteiger charge is 2.10. The van der Waals surface area contributed by atoms with E-state index in [0.29, 0.717) is 17.5 Å². The molecule has 2 unspecified atom stereocenters. The van der Waals surface area contributed by atoms with Crippen molar-refractivity contribution in [2.45, 2.75) is 33.2 Å². The number of rotatable bonds is 5. The van der Waals surface area contributed by atoms with Crippen LogP contribution in [0.3, 0.4) is 0 Å². The van der Waals surface area contributed by atoms with Crippen LogP contribution in [0.5, 0.6) is 0 Å². The normalized spacial score (nSPS) is 14.2. The van der Waals surface area contributed by atoms with Gasteiger partial charge in [0.05, 0.1) is 5.56 Å². The van der Waals surface area contributed by atoms with E-state index in [1.165, 1.54) is 6.20 Å². The molecule has 88 valence electrons. The number of hydrogen-bond acceptors (Lipinski definition) is 3. The first-order valence-electron chi connectivity index (χ1n) is 5.57. The maximum absolute atomic E-state index is 10.9. The average molecular weight is 221 g/mol. The number of primary amides is 1. The second-order valence-corrected chi connectivity index (χ2v) is 4.11. The van der Waals surface area contributed by atoms with Crippen molar-refractivity contribution in [3.8, 4) is 0 Å². The van der Waals surface area contributed by atoms with E-state index >= 15 is 0 Å². The summed E-state index contributed by atoms with van der Waals surface area (Å²) >= 11 is 0. The lowest BCUT2D eigenvalue weighted by molar-refractivity contribution is 0.1000. The minimum atomic E-state index is -0.450. The highest BCUT2D eigenvalue weighted by atomic mass is 16.1. The van der Waals surface area contributed by atoms with Gasteiger partial charge in [0.2, 0.25) is 5.91 Å². The minimum absolute atomic E-state index is 0.358. The van der Waals surface area contributed by atoms with Crippen LogP contribution < -0.4 is 11.1 Å². The SMILES string of the molecule is CCC(C)C(C)Nc1ccc(C(N)=O)cn1. The highest BCUT2D eigenvalue weighted by Crippen LogP contribution is 2.13. The summed E-state index contributed by atoms with van der Waals surface area (Å²) in [6.07, 6.45) is 2.61. The van der Waals surface area contributed by atoms with E-state index in [2.05, 4.69) is 31.1 Å². The fraction of sp³-hybridized carbons (Fsp3) is 0.500. The third-order valence-corrected chi connectivity index (χ3v) is 2.92. The molecule has 4 nitrogen and oxygen atoms in total. The molecule has 4 heteroatoms. The molecule has 0 aromatic carbocycles. The van der Waals surface area contributed by atoms with Crippen molar-refractivity contribution >= 4 is 11.7 Å². The molecule has 1 amide bonds. The largest absolute Gasteiger partial charge is 0.367 e. The number of pyridine rings is 1. The Morgan fingerprint density at radius 3 is 2.62 bits per heavy atom. The molecule has 1 rings (SSSR count). The number of nitrogens with two attached hydrogens (primary N) is 1. The number of amides is 1. The lowest BCUT2D eigenvalue weighted by atomic mass is 10.0. The molecule has 0 radical (unpaired) electrons. The molecular weight excluding hydrogens is 202 g/mol. The summed E-state index contributed by atoms with van der Waals surface area (Å²) in [6, 6.07) is 3.82. The molecular formula is C12H19N3O. The first-order chi connectivity index (χ1) is 7.54. The summed E-state index contributed by atoms with van der Waals surface area (Å²) in [5.74, 6) is 0.907. The summed E-state index contributed by atoms with van der Waals surface area (Å²) < 4.78 is 0. The van der Waals surface area contributed by atoms with Gasteiger partial charge < -0.3 is 11.1 Å². The molecule has 0 spiro atoms. The molecule has 1 heterocycles. The Morgan fingerprint density at radius 1 is 1.50 bits per heavy atom. The first-order valence-corrected chi connectivity index (χ1v) is 5.57. The molecule has 0 aliphatic heterocycles. The molecule has 0 fully saturated rings. The lowest BCUT2D eigenvalue weighted by Crippen LogP contribution is -2.23. The van der Waals surface area contributed by atoms with Crippen LogP contribution in [0.25, 0.3) is 0 Å². The third-order valence-electron chi connectivity index (χ3n) is 2.92. The molecule has 0 bridgehead atoms. The number of hydrogen-bond donors (Lipinski definition) is 2. The smallest absolute Gasteiger partial charge is 0.250 e. The number of nitrogens with zero attached hydrogens (tertiary/aromatic N) is 1. The Bertz CT molecular complexity index is 348. The quantitative estimate of drug-likeness (QED) is 0.799. The number of carbonyl (C=O) groups excluding carboxylic acids is 1. The van der Waals surface area contributed by atoms with Gasteiger partial charge in [-0.3, -0.25) is 4.79 Å². The Kier molecular flexibility index (Phi) is 4.28. The molecule has 1 aromatic heterocycles. The maximum atomic E-state index is 10.9. The van der Waals surface area contributed by atoms with Gasteiger partial charge in [-0.25, -0.2) is 4.98 Å². The molecule has 0 saturated heterocycles. The molecule has 0 aliphatic carbocycles. The third kappa shape index (κ3) is 3.22. The maximum Gasteiger partial charge on any atom is 0.250 e. The van der Waals surface area contributed by atoms with Gasteiger partial charge >= 0.3 is 0 Å². The first kappa shape index (κ1) is 12.5. The summed E-state index contributed by atoms with van der Waals surface area (Å²) in [7, 11) is 0. The predicted octanol–water partition coefficient (Wildman–Crippen LogP) is 2.03. The zero-order valence-corrected chi connectivity index (χ0v) is 10.0. The van der Waals surface area contributed by atoms with Gasteiger partial charge in [0.15, 0.2) is 0 Å². The van der Waals surface area contributed by atoms with E-state index in [1.54, 1.807) is 12.1 Å². The van der Waals surface area contributed by atoms with Crippen molar-refractivity contribution in [3.05, 3.63) is 23.9 Å². The lowest BCUT2D eigenvalue weighted by Gasteiger charge is -2.20. The van der Waals surface area contributed by atoms with Crippen LogP contribution in [0, 0.1) is 5.92 Å². The van der Waals surface area contributed by atoms with Gasteiger partial charge in [0.1, 0.15) is 5.82 Å². The minimum Gasteiger partial charge on any atom is -0.367 e. The number of carbonyl (C=O) groups is 1. The predicted molar refractivity (Wildman–Crippen MR) is 65.3 cm³/mol. The summed E-state index contributed by atoms with van der Waals surface area (Å²) in [5, 5.41) is 3.30. The van der Waals surface area contributed by atoms with Gasteiger partial charge in [-0.15, -0.1) is 0 Å². The van der Waals surface area contributed by atoms with E-state index in [4.69, 9.17) is 5.73 Å². The topological polar surface area (TPSA) is 68.0 Å². The fourth-order valence-corrected chi connectivity index (χ4v) is 1.35. The molecule has 1 aromatic rings. The zero-order valence-electron chi connectivity index (χ0n) is 10.0. The van der Waals surface area contributed by atoms with Crippen molar-refractivity contribution in [1.29, 1.82) is 0 Å². The molecule has 2 atom stereocenters. The van der Waals surface area contributed by atoms with Crippen molar-refractivity contribution in [1.82, 2.24) is 4.98 Å². The van der Waals surface area contributed by atoms with Crippen LogP contribution in [-0.4, -0.2) is 16.9 Å². The average Bonchev–Trinajstić information content (AvgIpc) is 2.28. The summed E-state index contributed by atoms with van der Waals surface area (Å²) in [6.45, 7) is 6.47. The monoisotopic (exact) mass is 221 g/mol. The summed E-state index contributed by atoms with van der Waals surface area (Å²) in [4.78, 5) is 15.0. The highest BCUT2D eigenvalue weighted by molar-refractivity contribution is 5.92. The van der Waals surface area contributed by atoms with Crippen molar-refractivity contribution in [2.75, 3.05) is 5.32 Å². The zero-order chi connectivity index (χ0) is 12.1. The molecule has 16 heavy (non-hydrogen) atoms. The number of nitrogens with one attached hydrogen (secondary N) is 1. The second kappa shape index (κ2) is 5.49. The van der Waals surface area contributed by atoms with Crippen molar-refractivity contribution in [2.24, 2.45) is 11.7 Å². The van der Waals surface area contributed by atoms with E-state index in [0.717, 1.165) is 12.2 Å². The Morgan fingerprint density at radius 2 is 2.19 bits per heavy atom. The number of anilines is 1. The van der Waals surface area contributed by atoms with Crippen LogP contribution in [0.1, 0.15) is 37.6 Å². The fourth-order valence-electron chi connectivity index (χ4n) is 1.35. The second-order valence-electron chi connectivity index (χ2n) is 4.11. The Balaban J connectivity index is 2.65. The van der Waals surface area contributed by atoms with Crippen LogP contribution in [0.4, 0.5) is 5.82 Å². The standard InChI is InChI=1S/C12H19N3O/c1-4-8(2)9(3)15-11-6-5-10(7-14-11)12(13)16/h5-9H,4H2,1-3H3,(H2,13,16)(H,14,15). The van der Waals surface area contributed by atoms with Crippen molar-refractivity contribution in [3.63, 3.8) is 0 Å². The van der Waals surface area contributed by atoms with E-state index in [-0.39, 0.29) is 0 Å². The molecule has 0 saturated carbocycles. The van der Waals surface area contributed by atoms with Crippen LogP contribution in [-0.2, 0) is 0 Å². The van der Waals surface area contributed by atoms with E-state index < -0.39 is 5.91 Å². The van der Waals surface area contributed by atoms with Gasteiger partial charge in [0, 0.05) is 12.2 Å². The van der Waals surface area contributed by atoms with Gasteiger partial charge in [-0.05, 0) is 25.0 Å². The molecule has 3 N–H and O–H groups in total.